The molecule has 0 aromatic carbocycles. The number of hydrogen-bond donors (Lipinski definition) is 1. The van der Waals surface area contributed by atoms with Gasteiger partial charge in [-0.05, 0) is 29.4 Å². The summed E-state index contributed by atoms with van der Waals surface area (Å²) in [7, 11) is 0. The molecule has 1 saturated heterocycles. The molecule has 2 aromatic heterocycles. The predicted molar refractivity (Wildman–Crippen MR) is 86.7 cm³/mol. The molecule has 1 aliphatic carbocycles. The molecule has 1 N–H and O–H groups in total. The lowest BCUT2D eigenvalue weighted by Crippen LogP contribution is -2.36. The van der Waals surface area contributed by atoms with Crippen LogP contribution >= 0.6 is 11.3 Å². The van der Waals surface area contributed by atoms with Crippen molar-refractivity contribution in [1.29, 1.82) is 0 Å². The minimum absolute atomic E-state index is 0.0323. The molecule has 1 aliphatic heterocycles. The summed E-state index contributed by atoms with van der Waals surface area (Å²) in [4.78, 5) is 22.8. The number of rotatable bonds is 2. The molecule has 0 spiro atoms. The van der Waals surface area contributed by atoms with Crippen LogP contribution in [0.25, 0.3) is 11.3 Å². The second-order valence-electron chi connectivity index (χ2n) is 6.65. The van der Waals surface area contributed by atoms with Crippen LogP contribution in [0.4, 0.5) is 9.93 Å². The average molecular weight is 314 g/mol. The topological polar surface area (TPSA) is 58.1 Å². The number of likely N-dealkylation sites (tertiary alicyclic amines) is 1. The van der Waals surface area contributed by atoms with Crippen molar-refractivity contribution in [3.05, 3.63) is 29.9 Å². The summed E-state index contributed by atoms with van der Waals surface area (Å²) in [6.45, 7) is 6.31. The van der Waals surface area contributed by atoms with Gasteiger partial charge in [-0.2, -0.15) is 0 Å². The number of amides is 2. The van der Waals surface area contributed by atoms with Crippen LogP contribution in [-0.2, 0) is 0 Å². The third-order valence-electron chi connectivity index (χ3n) is 5.08. The number of hydrogen-bond acceptors (Lipinski definition) is 4. The fourth-order valence-electron chi connectivity index (χ4n) is 3.45. The van der Waals surface area contributed by atoms with E-state index in [4.69, 9.17) is 0 Å². The summed E-state index contributed by atoms with van der Waals surface area (Å²) in [6, 6.07) is 3.81. The van der Waals surface area contributed by atoms with E-state index in [2.05, 4.69) is 29.1 Å². The van der Waals surface area contributed by atoms with Crippen molar-refractivity contribution in [3.63, 3.8) is 0 Å². The van der Waals surface area contributed by atoms with Gasteiger partial charge in [0.2, 0.25) is 0 Å². The molecule has 114 valence electrons. The number of anilines is 1. The van der Waals surface area contributed by atoms with Crippen LogP contribution < -0.4 is 5.32 Å². The lowest BCUT2D eigenvalue weighted by molar-refractivity contribution is 0.209. The van der Waals surface area contributed by atoms with Gasteiger partial charge in [0.15, 0.2) is 5.13 Å². The molecule has 5 nitrogen and oxygen atoms in total. The first-order chi connectivity index (χ1) is 10.6. The molecule has 0 unspecified atom stereocenters. The van der Waals surface area contributed by atoms with E-state index < -0.39 is 0 Å². The molecular formula is C16H18N4OS. The number of fused-ring (bicyclic) bond motifs is 1. The highest BCUT2D eigenvalue weighted by Crippen LogP contribution is 2.61. The van der Waals surface area contributed by atoms with Gasteiger partial charge in [0.25, 0.3) is 0 Å². The zero-order chi connectivity index (χ0) is 15.3. The summed E-state index contributed by atoms with van der Waals surface area (Å²) in [6.07, 6.45) is 3.51. The Hall–Kier alpha value is -1.95. The fourth-order valence-corrected chi connectivity index (χ4v) is 4.16. The smallest absolute Gasteiger partial charge is 0.323 e. The van der Waals surface area contributed by atoms with Crippen molar-refractivity contribution >= 4 is 22.5 Å². The van der Waals surface area contributed by atoms with Crippen LogP contribution in [0.5, 0.6) is 0 Å². The molecule has 3 heterocycles. The van der Waals surface area contributed by atoms with E-state index in [-0.39, 0.29) is 6.03 Å². The molecule has 2 aliphatic rings. The van der Waals surface area contributed by atoms with Crippen LogP contribution in [0.1, 0.15) is 13.8 Å². The van der Waals surface area contributed by atoms with Gasteiger partial charge in [-0.1, -0.05) is 13.8 Å². The van der Waals surface area contributed by atoms with Gasteiger partial charge in [0.05, 0.1) is 5.69 Å². The van der Waals surface area contributed by atoms with E-state index in [0.717, 1.165) is 24.3 Å². The number of nitrogens with one attached hydrogen (secondary N) is 1. The Morgan fingerprint density at radius 2 is 2.18 bits per heavy atom. The number of thiazole rings is 1. The molecular weight excluding hydrogens is 296 g/mol. The first-order valence-electron chi connectivity index (χ1n) is 7.47. The Bertz CT molecular complexity index is 698. The maximum Gasteiger partial charge on any atom is 0.323 e. The number of pyridine rings is 1. The van der Waals surface area contributed by atoms with Crippen molar-refractivity contribution < 1.29 is 4.79 Å². The Morgan fingerprint density at radius 1 is 1.41 bits per heavy atom. The lowest BCUT2D eigenvalue weighted by atomic mass is 10.1. The molecule has 4 rings (SSSR count). The van der Waals surface area contributed by atoms with E-state index in [9.17, 15) is 4.79 Å². The predicted octanol–water partition coefficient (Wildman–Crippen LogP) is 3.32. The quantitative estimate of drug-likeness (QED) is 0.925. The van der Waals surface area contributed by atoms with Crippen molar-refractivity contribution in [3.8, 4) is 11.3 Å². The summed E-state index contributed by atoms with van der Waals surface area (Å²) in [5, 5.41) is 5.50. The van der Waals surface area contributed by atoms with E-state index in [1.165, 1.54) is 11.3 Å². The van der Waals surface area contributed by atoms with Crippen LogP contribution in [0.15, 0.2) is 29.9 Å². The summed E-state index contributed by atoms with van der Waals surface area (Å²) < 4.78 is 0. The van der Waals surface area contributed by atoms with Gasteiger partial charge in [-0.3, -0.25) is 10.3 Å². The Kier molecular flexibility index (Phi) is 2.97. The van der Waals surface area contributed by atoms with Gasteiger partial charge < -0.3 is 4.90 Å². The molecule has 0 radical (unpaired) electrons. The maximum absolute atomic E-state index is 12.3. The molecule has 6 heteroatoms. The van der Waals surface area contributed by atoms with E-state index in [1.54, 1.807) is 12.4 Å². The average Bonchev–Trinajstić information content (AvgIpc) is 2.98. The Balaban J connectivity index is 1.40. The highest BCUT2D eigenvalue weighted by molar-refractivity contribution is 7.14. The number of carbonyl (C=O) groups excluding carboxylic acids is 1. The van der Waals surface area contributed by atoms with Crippen molar-refractivity contribution in [1.82, 2.24) is 14.9 Å². The fraction of sp³-hybridized carbons (Fsp3) is 0.438. The third kappa shape index (κ3) is 2.18. The summed E-state index contributed by atoms with van der Waals surface area (Å²) in [5.41, 5.74) is 2.23. The van der Waals surface area contributed by atoms with Crippen LogP contribution in [0, 0.1) is 17.3 Å². The van der Waals surface area contributed by atoms with E-state index in [0.29, 0.717) is 22.4 Å². The molecule has 2 aromatic rings. The van der Waals surface area contributed by atoms with Crippen molar-refractivity contribution in [2.75, 3.05) is 18.4 Å². The van der Waals surface area contributed by atoms with Crippen LogP contribution in [0.3, 0.4) is 0 Å². The second-order valence-corrected chi connectivity index (χ2v) is 7.51. The number of urea groups is 1. The SMILES string of the molecule is CC1(C)[C@@H]2CN(C(=O)Nc3nc(-c4cccnc4)cs3)C[C@@H]21. The van der Waals surface area contributed by atoms with Gasteiger partial charge in [0.1, 0.15) is 0 Å². The number of aromatic nitrogens is 2. The minimum atomic E-state index is -0.0323. The number of nitrogens with zero attached hydrogens (tertiary/aromatic N) is 3. The Labute approximate surface area is 133 Å². The van der Waals surface area contributed by atoms with Crippen molar-refractivity contribution in [2.24, 2.45) is 17.3 Å². The molecule has 0 bridgehead atoms. The van der Waals surface area contributed by atoms with Gasteiger partial charge in [-0.15, -0.1) is 11.3 Å². The largest absolute Gasteiger partial charge is 0.324 e. The van der Waals surface area contributed by atoms with Crippen LogP contribution in [0.2, 0.25) is 0 Å². The lowest BCUT2D eigenvalue weighted by Gasteiger charge is -2.21. The first kappa shape index (κ1) is 13.7. The second kappa shape index (κ2) is 4.78. The first-order valence-corrected chi connectivity index (χ1v) is 8.35. The van der Waals surface area contributed by atoms with Gasteiger partial charge >= 0.3 is 6.03 Å². The summed E-state index contributed by atoms with van der Waals surface area (Å²) >= 11 is 1.45. The highest BCUT2D eigenvalue weighted by Gasteiger charge is 2.62. The zero-order valence-electron chi connectivity index (χ0n) is 12.6. The van der Waals surface area contributed by atoms with E-state index >= 15 is 0 Å². The zero-order valence-corrected chi connectivity index (χ0v) is 13.4. The molecule has 2 fully saturated rings. The van der Waals surface area contributed by atoms with Crippen molar-refractivity contribution in [2.45, 2.75) is 13.8 Å². The number of piperidine rings is 1. The Morgan fingerprint density at radius 3 is 2.86 bits per heavy atom. The normalized spacial score (nSPS) is 24.9. The molecule has 2 atom stereocenters. The minimum Gasteiger partial charge on any atom is -0.324 e. The molecule has 22 heavy (non-hydrogen) atoms. The monoisotopic (exact) mass is 314 g/mol. The van der Waals surface area contributed by atoms with Crippen LogP contribution in [-0.4, -0.2) is 34.0 Å². The summed E-state index contributed by atoms with van der Waals surface area (Å²) in [5.74, 6) is 1.33. The maximum atomic E-state index is 12.3. The van der Waals surface area contributed by atoms with Gasteiger partial charge in [-0.25, -0.2) is 9.78 Å². The van der Waals surface area contributed by atoms with E-state index in [1.807, 2.05) is 22.4 Å². The van der Waals surface area contributed by atoms with Gasteiger partial charge in [0, 0.05) is 36.4 Å². The number of carbonyl (C=O) groups is 1. The third-order valence-corrected chi connectivity index (χ3v) is 5.84. The highest BCUT2D eigenvalue weighted by atomic mass is 32.1. The molecule has 1 saturated carbocycles. The molecule has 2 amide bonds. The standard InChI is InChI=1S/C16H18N4OS/c1-16(2)11-7-20(8-12(11)16)15(21)19-14-18-13(9-22-14)10-4-3-5-17-6-10/h3-6,9,11-12H,7-8H2,1-2H3,(H,18,19,21)/t11-,12+.